The van der Waals surface area contributed by atoms with Crippen molar-refractivity contribution in [3.05, 3.63) is 79.4 Å². The molecule has 3 aromatic heterocycles. The molecule has 8 heteroatoms. The molecular formula is C23H22BrN3O4. The van der Waals surface area contributed by atoms with Gasteiger partial charge in [0.05, 0.1) is 40.7 Å². The minimum atomic E-state index is -0.535. The van der Waals surface area contributed by atoms with E-state index in [-0.39, 0.29) is 11.2 Å². The lowest BCUT2D eigenvalue weighted by molar-refractivity contribution is -0.0164. The Hall–Kier alpha value is -2.84. The molecule has 0 unspecified atom stereocenters. The Labute approximate surface area is 186 Å². The number of benzene rings is 1. The van der Waals surface area contributed by atoms with Gasteiger partial charge in [0.1, 0.15) is 5.76 Å². The van der Waals surface area contributed by atoms with Gasteiger partial charge in [-0.25, -0.2) is 4.79 Å². The number of hydrogen-bond donors (Lipinski definition) is 0. The summed E-state index contributed by atoms with van der Waals surface area (Å²) in [6.45, 7) is 4.56. The molecule has 0 amide bonds. The molecule has 1 aliphatic heterocycles. The summed E-state index contributed by atoms with van der Waals surface area (Å²) >= 11 is 3.49. The molecule has 1 aliphatic rings. The Kier molecular flexibility index (Phi) is 4.43. The van der Waals surface area contributed by atoms with Crippen molar-refractivity contribution in [3.8, 4) is 11.3 Å². The molecule has 5 rings (SSSR count). The first-order chi connectivity index (χ1) is 14.7. The van der Waals surface area contributed by atoms with E-state index in [2.05, 4.69) is 34.3 Å². The molecule has 0 fully saturated rings. The van der Waals surface area contributed by atoms with Gasteiger partial charge < -0.3 is 13.7 Å². The van der Waals surface area contributed by atoms with E-state index in [9.17, 15) is 9.59 Å². The van der Waals surface area contributed by atoms with E-state index >= 15 is 0 Å². The van der Waals surface area contributed by atoms with Crippen LogP contribution in [0, 0.1) is 0 Å². The smallest absolute Gasteiger partial charge is 0.331 e. The average molecular weight is 484 g/mol. The van der Waals surface area contributed by atoms with Gasteiger partial charge in [-0.1, -0.05) is 28.1 Å². The molecule has 7 nitrogen and oxygen atoms in total. The van der Waals surface area contributed by atoms with Gasteiger partial charge in [0, 0.05) is 18.6 Å². The van der Waals surface area contributed by atoms with Crippen LogP contribution in [0.2, 0.25) is 0 Å². The number of halogens is 1. The monoisotopic (exact) mass is 483 g/mol. The molecule has 4 aromatic rings. The second-order valence-electron chi connectivity index (χ2n) is 8.52. The molecule has 160 valence electrons. The molecule has 1 aromatic carbocycles. The summed E-state index contributed by atoms with van der Waals surface area (Å²) in [6, 6.07) is 11.5. The lowest BCUT2D eigenvalue weighted by Crippen LogP contribution is -2.40. The SMILES string of the molecule is Cn1c(=O)c2c(-c3ccc(Br)cc3)n3c(c2n(C)c1=O)[C@H](c1ccco1)OCC3(C)C. The van der Waals surface area contributed by atoms with Crippen LogP contribution >= 0.6 is 15.9 Å². The largest absolute Gasteiger partial charge is 0.466 e. The average Bonchev–Trinajstić information content (AvgIpc) is 3.39. The molecule has 0 saturated heterocycles. The molecule has 0 aliphatic carbocycles. The van der Waals surface area contributed by atoms with E-state index in [0.717, 1.165) is 26.0 Å². The number of fused-ring (bicyclic) bond motifs is 3. The van der Waals surface area contributed by atoms with E-state index in [1.54, 1.807) is 13.3 Å². The second kappa shape index (κ2) is 6.83. The van der Waals surface area contributed by atoms with Crippen molar-refractivity contribution in [3.63, 3.8) is 0 Å². The maximum Gasteiger partial charge on any atom is 0.331 e. The van der Waals surface area contributed by atoms with E-state index in [1.807, 2.05) is 36.4 Å². The summed E-state index contributed by atoms with van der Waals surface area (Å²) in [5, 5.41) is 0.497. The Morgan fingerprint density at radius 3 is 2.42 bits per heavy atom. The lowest BCUT2D eigenvalue weighted by atomic mass is 10.0. The van der Waals surface area contributed by atoms with E-state index in [0.29, 0.717) is 23.3 Å². The van der Waals surface area contributed by atoms with Crippen LogP contribution in [-0.2, 0) is 24.4 Å². The molecule has 0 bridgehead atoms. The van der Waals surface area contributed by atoms with Gasteiger partial charge in [-0.05, 0) is 43.7 Å². The maximum absolute atomic E-state index is 13.4. The highest BCUT2D eigenvalue weighted by atomic mass is 79.9. The lowest BCUT2D eigenvalue weighted by Gasteiger charge is -2.38. The number of aryl methyl sites for hydroxylation is 1. The number of furan rings is 1. The maximum atomic E-state index is 13.4. The van der Waals surface area contributed by atoms with E-state index in [4.69, 9.17) is 9.15 Å². The van der Waals surface area contributed by atoms with Crippen LogP contribution in [0.3, 0.4) is 0 Å². The second-order valence-corrected chi connectivity index (χ2v) is 9.44. The number of hydrogen-bond acceptors (Lipinski definition) is 4. The topological polar surface area (TPSA) is 71.3 Å². The number of rotatable bonds is 2. The van der Waals surface area contributed by atoms with Crippen LogP contribution in [0.5, 0.6) is 0 Å². The standard InChI is InChI=1S/C23H22BrN3O4/c1-23(2)12-31-20(15-6-5-11-30-15)19-18-16(21(28)26(4)22(29)25(18)3)17(27(19)23)13-7-9-14(24)10-8-13/h5-11,20H,12H2,1-4H3/t20-/m0/s1. The first-order valence-corrected chi connectivity index (χ1v) is 10.8. The van der Waals surface area contributed by atoms with Crippen molar-refractivity contribution in [1.82, 2.24) is 13.7 Å². The van der Waals surface area contributed by atoms with Crippen LogP contribution in [-0.4, -0.2) is 20.3 Å². The van der Waals surface area contributed by atoms with E-state index < -0.39 is 11.6 Å². The predicted molar refractivity (Wildman–Crippen MR) is 121 cm³/mol. The minimum absolute atomic E-state index is 0.327. The fourth-order valence-electron chi connectivity index (χ4n) is 4.54. The van der Waals surface area contributed by atoms with Crippen LogP contribution in [0.1, 0.15) is 31.4 Å². The van der Waals surface area contributed by atoms with Crippen LogP contribution in [0.25, 0.3) is 22.2 Å². The van der Waals surface area contributed by atoms with Gasteiger partial charge in [0.2, 0.25) is 0 Å². The Morgan fingerprint density at radius 2 is 1.77 bits per heavy atom. The number of aromatic nitrogens is 3. The number of nitrogens with zero attached hydrogens (tertiary/aromatic N) is 3. The summed E-state index contributed by atoms with van der Waals surface area (Å²) in [4.78, 5) is 26.3. The van der Waals surface area contributed by atoms with Crippen LogP contribution in [0.15, 0.2) is 61.1 Å². The van der Waals surface area contributed by atoms with Gasteiger partial charge in [0.25, 0.3) is 5.56 Å². The first-order valence-electron chi connectivity index (χ1n) is 9.98. The summed E-state index contributed by atoms with van der Waals surface area (Å²) < 4.78 is 17.7. The van der Waals surface area contributed by atoms with Crippen molar-refractivity contribution in [2.75, 3.05) is 6.61 Å². The first kappa shape index (κ1) is 20.1. The molecular weight excluding hydrogens is 462 g/mol. The molecule has 0 N–H and O–H groups in total. The zero-order valence-corrected chi connectivity index (χ0v) is 19.3. The zero-order valence-electron chi connectivity index (χ0n) is 17.7. The van der Waals surface area contributed by atoms with Crippen LogP contribution < -0.4 is 11.2 Å². The Balaban J connectivity index is 2.03. The summed E-state index contributed by atoms with van der Waals surface area (Å²) in [5.41, 5.74) is 1.82. The third-order valence-corrected chi connectivity index (χ3v) is 6.51. The van der Waals surface area contributed by atoms with Gasteiger partial charge in [0.15, 0.2) is 6.10 Å². The third-order valence-electron chi connectivity index (χ3n) is 5.98. The van der Waals surface area contributed by atoms with Gasteiger partial charge in [-0.3, -0.25) is 13.9 Å². The normalized spacial score (nSPS) is 17.8. The van der Waals surface area contributed by atoms with Gasteiger partial charge in [-0.15, -0.1) is 0 Å². The molecule has 1 atom stereocenters. The zero-order chi connectivity index (χ0) is 22.1. The van der Waals surface area contributed by atoms with Gasteiger partial charge in [-0.2, -0.15) is 0 Å². The minimum Gasteiger partial charge on any atom is -0.466 e. The Morgan fingerprint density at radius 1 is 1.06 bits per heavy atom. The van der Waals surface area contributed by atoms with Crippen molar-refractivity contribution < 1.29 is 9.15 Å². The fraction of sp³-hybridized carbons (Fsp3) is 0.304. The number of ether oxygens (including phenoxy) is 1. The van der Waals surface area contributed by atoms with Crippen molar-refractivity contribution in [2.24, 2.45) is 14.1 Å². The predicted octanol–water partition coefficient (Wildman–Crippen LogP) is 3.92. The summed E-state index contributed by atoms with van der Waals surface area (Å²) in [6.07, 6.45) is 1.06. The molecule has 0 radical (unpaired) electrons. The highest BCUT2D eigenvalue weighted by molar-refractivity contribution is 9.10. The summed E-state index contributed by atoms with van der Waals surface area (Å²) in [5.74, 6) is 0.631. The van der Waals surface area contributed by atoms with E-state index in [1.165, 1.54) is 11.6 Å². The van der Waals surface area contributed by atoms with Crippen molar-refractivity contribution in [2.45, 2.75) is 25.5 Å². The summed E-state index contributed by atoms with van der Waals surface area (Å²) in [7, 11) is 3.20. The highest BCUT2D eigenvalue weighted by Crippen LogP contribution is 2.45. The third kappa shape index (κ3) is 2.81. The Bertz CT molecular complexity index is 1420. The quantitative estimate of drug-likeness (QED) is 0.433. The van der Waals surface area contributed by atoms with Crippen molar-refractivity contribution >= 4 is 26.8 Å². The molecule has 4 heterocycles. The van der Waals surface area contributed by atoms with Gasteiger partial charge >= 0.3 is 5.69 Å². The molecule has 0 spiro atoms. The highest BCUT2D eigenvalue weighted by Gasteiger charge is 2.41. The van der Waals surface area contributed by atoms with Crippen LogP contribution in [0.4, 0.5) is 0 Å². The fourth-order valence-corrected chi connectivity index (χ4v) is 4.80. The molecule has 31 heavy (non-hydrogen) atoms. The van der Waals surface area contributed by atoms with Crippen molar-refractivity contribution in [1.29, 1.82) is 0 Å². The molecule has 0 saturated carbocycles.